The van der Waals surface area contributed by atoms with E-state index >= 15 is 0 Å². The summed E-state index contributed by atoms with van der Waals surface area (Å²) in [6.45, 7) is 2.97. The first-order chi connectivity index (χ1) is 15.1. The Kier molecular flexibility index (Phi) is 6.60. The minimum Gasteiger partial charge on any atom is -0.364 e. The van der Waals surface area contributed by atoms with Gasteiger partial charge in [0.05, 0.1) is 23.7 Å². The summed E-state index contributed by atoms with van der Waals surface area (Å²) in [5.41, 5.74) is 5.38. The Hall–Kier alpha value is -3.21. The maximum absolute atomic E-state index is 6.65. The molecule has 0 N–H and O–H groups in total. The van der Waals surface area contributed by atoms with E-state index in [0.717, 1.165) is 34.6 Å². The Morgan fingerprint density at radius 2 is 1.42 bits per heavy atom. The van der Waals surface area contributed by atoms with Crippen molar-refractivity contribution >= 4 is 0 Å². The number of hydrogen-bond donors (Lipinski definition) is 0. The highest BCUT2D eigenvalue weighted by Crippen LogP contribution is 2.36. The van der Waals surface area contributed by atoms with Crippen LogP contribution in [0, 0.1) is 0 Å². The van der Waals surface area contributed by atoms with Crippen LogP contribution in [0.3, 0.4) is 0 Å². The first kappa shape index (κ1) is 21.0. The fourth-order valence-corrected chi connectivity index (χ4v) is 3.95. The SMILES string of the molecule is CC(CN(C)C)OC(c1ccccc1)c1cnn(-c2ccccc2)c1-c1ccccc1. The predicted molar refractivity (Wildman–Crippen MR) is 126 cm³/mol. The minimum absolute atomic E-state index is 0.0592. The molecule has 0 aliphatic rings. The molecule has 3 aromatic carbocycles. The summed E-state index contributed by atoms with van der Waals surface area (Å²) in [6, 6.07) is 31.1. The van der Waals surface area contributed by atoms with Gasteiger partial charge in [0.15, 0.2) is 0 Å². The zero-order chi connectivity index (χ0) is 21.6. The van der Waals surface area contributed by atoms with E-state index < -0.39 is 0 Å². The lowest BCUT2D eigenvalue weighted by Gasteiger charge is -2.25. The van der Waals surface area contributed by atoms with Gasteiger partial charge in [-0.25, -0.2) is 4.68 Å². The van der Waals surface area contributed by atoms with E-state index in [9.17, 15) is 0 Å². The topological polar surface area (TPSA) is 30.3 Å². The number of aromatic nitrogens is 2. The van der Waals surface area contributed by atoms with Crippen molar-refractivity contribution in [3.05, 3.63) is 108 Å². The van der Waals surface area contributed by atoms with E-state index in [0.29, 0.717) is 0 Å². The van der Waals surface area contributed by atoms with Crippen LogP contribution in [0.1, 0.15) is 24.2 Å². The molecule has 2 unspecified atom stereocenters. The van der Waals surface area contributed by atoms with Crippen LogP contribution in [-0.4, -0.2) is 41.4 Å². The average molecular weight is 412 g/mol. The smallest absolute Gasteiger partial charge is 0.112 e. The molecule has 0 saturated carbocycles. The summed E-state index contributed by atoms with van der Waals surface area (Å²) < 4.78 is 8.66. The normalized spacial score (nSPS) is 13.3. The fraction of sp³-hybridized carbons (Fsp3) is 0.222. The molecular formula is C27H29N3O. The second-order valence-corrected chi connectivity index (χ2v) is 8.06. The van der Waals surface area contributed by atoms with E-state index in [2.05, 4.69) is 86.6 Å². The van der Waals surface area contributed by atoms with E-state index in [1.165, 1.54) is 0 Å². The van der Waals surface area contributed by atoms with Crippen molar-refractivity contribution in [2.45, 2.75) is 19.1 Å². The number of hydrogen-bond acceptors (Lipinski definition) is 3. The summed E-state index contributed by atoms with van der Waals surface area (Å²) in [7, 11) is 4.14. The Labute approximate surface area is 184 Å². The third-order valence-corrected chi connectivity index (χ3v) is 5.22. The van der Waals surface area contributed by atoms with Gasteiger partial charge in [-0.05, 0) is 38.7 Å². The number of nitrogens with zero attached hydrogens (tertiary/aromatic N) is 3. The number of rotatable bonds is 8. The van der Waals surface area contributed by atoms with Crippen LogP contribution in [0.4, 0.5) is 0 Å². The lowest BCUT2D eigenvalue weighted by atomic mass is 9.98. The first-order valence-electron chi connectivity index (χ1n) is 10.7. The maximum atomic E-state index is 6.65. The number of ether oxygens (including phenoxy) is 1. The van der Waals surface area contributed by atoms with Gasteiger partial charge in [0.25, 0.3) is 0 Å². The van der Waals surface area contributed by atoms with Gasteiger partial charge in [-0.15, -0.1) is 0 Å². The lowest BCUT2D eigenvalue weighted by Crippen LogP contribution is -2.27. The number of para-hydroxylation sites is 1. The molecule has 31 heavy (non-hydrogen) atoms. The summed E-state index contributed by atoms with van der Waals surface area (Å²) in [4.78, 5) is 2.15. The molecule has 0 saturated heterocycles. The largest absolute Gasteiger partial charge is 0.364 e. The zero-order valence-corrected chi connectivity index (χ0v) is 18.3. The fourth-order valence-electron chi connectivity index (χ4n) is 3.95. The van der Waals surface area contributed by atoms with Gasteiger partial charge in [0.1, 0.15) is 6.10 Å². The summed E-state index contributed by atoms with van der Waals surface area (Å²) in [5, 5.41) is 4.80. The van der Waals surface area contributed by atoms with Gasteiger partial charge >= 0.3 is 0 Å². The van der Waals surface area contributed by atoms with Crippen molar-refractivity contribution in [3.8, 4) is 16.9 Å². The van der Waals surface area contributed by atoms with Crippen LogP contribution in [0.5, 0.6) is 0 Å². The Balaban J connectivity index is 1.86. The molecule has 158 valence electrons. The van der Waals surface area contributed by atoms with Gasteiger partial charge in [-0.1, -0.05) is 78.9 Å². The zero-order valence-electron chi connectivity index (χ0n) is 18.3. The predicted octanol–water partition coefficient (Wildman–Crippen LogP) is 5.60. The molecule has 1 heterocycles. The molecule has 0 aliphatic carbocycles. The monoisotopic (exact) mass is 411 g/mol. The molecule has 1 aromatic heterocycles. The summed E-state index contributed by atoms with van der Waals surface area (Å²) in [6.07, 6.45) is 1.79. The van der Waals surface area contributed by atoms with E-state index in [-0.39, 0.29) is 12.2 Å². The van der Waals surface area contributed by atoms with E-state index in [1.807, 2.05) is 41.2 Å². The third kappa shape index (κ3) is 4.93. The molecular weight excluding hydrogens is 382 g/mol. The molecule has 0 amide bonds. The highest BCUT2D eigenvalue weighted by atomic mass is 16.5. The van der Waals surface area contributed by atoms with Crippen LogP contribution >= 0.6 is 0 Å². The van der Waals surface area contributed by atoms with Gasteiger partial charge < -0.3 is 9.64 Å². The minimum atomic E-state index is -0.219. The van der Waals surface area contributed by atoms with Crippen LogP contribution in [-0.2, 0) is 4.74 Å². The van der Waals surface area contributed by atoms with Crippen LogP contribution < -0.4 is 0 Å². The number of benzene rings is 3. The molecule has 4 nitrogen and oxygen atoms in total. The second kappa shape index (κ2) is 9.73. The molecule has 0 radical (unpaired) electrons. The van der Waals surface area contributed by atoms with Gasteiger partial charge in [0.2, 0.25) is 0 Å². The molecule has 0 bridgehead atoms. The lowest BCUT2D eigenvalue weighted by molar-refractivity contribution is 0.00640. The molecule has 4 heteroatoms. The summed E-state index contributed by atoms with van der Waals surface area (Å²) >= 11 is 0. The Bertz CT molecular complexity index is 1080. The average Bonchev–Trinajstić information content (AvgIpc) is 3.23. The number of likely N-dealkylation sites (N-methyl/N-ethyl adjacent to an activating group) is 1. The Morgan fingerprint density at radius 3 is 2.03 bits per heavy atom. The molecule has 0 fully saturated rings. The van der Waals surface area contributed by atoms with Crippen molar-refractivity contribution in [1.82, 2.24) is 14.7 Å². The molecule has 4 rings (SSSR count). The highest BCUT2D eigenvalue weighted by Gasteiger charge is 2.25. The van der Waals surface area contributed by atoms with Crippen molar-refractivity contribution < 1.29 is 4.74 Å². The van der Waals surface area contributed by atoms with Gasteiger partial charge in [-0.2, -0.15) is 5.10 Å². The van der Waals surface area contributed by atoms with Crippen molar-refractivity contribution in [3.63, 3.8) is 0 Å². The third-order valence-electron chi connectivity index (χ3n) is 5.22. The second-order valence-electron chi connectivity index (χ2n) is 8.06. The van der Waals surface area contributed by atoms with Gasteiger partial charge in [0, 0.05) is 17.7 Å². The first-order valence-corrected chi connectivity index (χ1v) is 10.7. The van der Waals surface area contributed by atoms with Crippen molar-refractivity contribution in [1.29, 1.82) is 0 Å². The molecule has 0 spiro atoms. The maximum Gasteiger partial charge on any atom is 0.112 e. The van der Waals surface area contributed by atoms with Gasteiger partial charge in [-0.3, -0.25) is 0 Å². The van der Waals surface area contributed by atoms with Crippen molar-refractivity contribution in [2.75, 3.05) is 20.6 Å². The van der Waals surface area contributed by atoms with E-state index in [1.54, 1.807) is 0 Å². The molecule has 0 aliphatic heterocycles. The van der Waals surface area contributed by atoms with Crippen LogP contribution in [0.15, 0.2) is 97.2 Å². The van der Waals surface area contributed by atoms with Crippen LogP contribution in [0.2, 0.25) is 0 Å². The Morgan fingerprint density at radius 1 is 0.839 bits per heavy atom. The van der Waals surface area contributed by atoms with Crippen LogP contribution in [0.25, 0.3) is 16.9 Å². The molecule has 2 atom stereocenters. The standard InChI is InChI=1S/C27H29N3O/c1-21(20-29(2)3)31-27(23-15-9-5-10-16-23)25-19-28-30(24-17-11-6-12-18-24)26(25)22-13-7-4-8-14-22/h4-19,21,27H,20H2,1-3H3. The highest BCUT2D eigenvalue weighted by molar-refractivity contribution is 5.67. The quantitative estimate of drug-likeness (QED) is 0.378. The summed E-state index contributed by atoms with van der Waals surface area (Å²) in [5.74, 6) is 0. The van der Waals surface area contributed by atoms with Crippen molar-refractivity contribution in [2.24, 2.45) is 0 Å². The van der Waals surface area contributed by atoms with E-state index in [4.69, 9.17) is 9.84 Å². The molecule has 4 aromatic rings.